The fourth-order valence-corrected chi connectivity index (χ4v) is 7.16. The van der Waals surface area contributed by atoms with E-state index in [1.54, 1.807) is 0 Å². The summed E-state index contributed by atoms with van der Waals surface area (Å²) < 4.78 is 5.99. The number of nitrogens with one attached hydrogen (secondary N) is 2. The van der Waals surface area contributed by atoms with Crippen LogP contribution in [0.4, 0.5) is 0 Å². The number of ketones is 3. The number of benzene rings is 2. The van der Waals surface area contributed by atoms with Crippen molar-refractivity contribution in [3.8, 4) is 0 Å². The first-order valence-corrected chi connectivity index (χ1v) is 16.9. The summed E-state index contributed by atoms with van der Waals surface area (Å²) in [6, 6.07) is 13.9. The predicted molar refractivity (Wildman–Crippen MR) is 176 cm³/mol. The monoisotopic (exact) mass is 626 g/mol. The third-order valence-corrected chi connectivity index (χ3v) is 9.84. The zero-order valence-electron chi connectivity index (χ0n) is 27.1. The number of aryl methyl sites for hydroxylation is 2. The van der Waals surface area contributed by atoms with Crippen molar-refractivity contribution in [3.05, 3.63) is 71.0 Å². The van der Waals surface area contributed by atoms with Crippen molar-refractivity contribution >= 4 is 40.1 Å². The minimum Gasteiger partial charge on any atom is -0.453 e. The Balaban J connectivity index is 1.35. The summed E-state index contributed by atoms with van der Waals surface area (Å²) in [7, 11) is 0. The van der Waals surface area contributed by atoms with Crippen LogP contribution in [0.15, 0.2) is 52.9 Å². The molecule has 3 aromatic rings. The van der Waals surface area contributed by atoms with Crippen LogP contribution in [0.2, 0.25) is 0 Å². The van der Waals surface area contributed by atoms with Gasteiger partial charge in [-0.25, -0.2) is 0 Å². The lowest BCUT2D eigenvalue weighted by atomic mass is 9.80. The molecule has 2 saturated carbocycles. The van der Waals surface area contributed by atoms with Crippen LogP contribution in [0.5, 0.6) is 0 Å². The lowest BCUT2D eigenvalue weighted by molar-refractivity contribution is -0.141. The van der Waals surface area contributed by atoms with E-state index in [4.69, 9.17) is 4.42 Å². The van der Waals surface area contributed by atoms with Crippen molar-refractivity contribution in [1.29, 1.82) is 0 Å². The summed E-state index contributed by atoms with van der Waals surface area (Å²) in [6.45, 7) is 4.01. The third-order valence-electron chi connectivity index (χ3n) is 9.84. The molecule has 2 N–H and O–H groups in total. The molecule has 2 aliphatic carbocycles. The largest absolute Gasteiger partial charge is 0.453 e. The molecule has 0 radical (unpaired) electrons. The first kappa shape index (κ1) is 33.3. The topological polar surface area (TPSA) is 123 Å². The van der Waals surface area contributed by atoms with Crippen molar-refractivity contribution in [2.45, 2.75) is 103 Å². The lowest BCUT2D eigenvalue weighted by Crippen LogP contribution is -2.50. The number of amides is 2. The van der Waals surface area contributed by atoms with E-state index < -0.39 is 35.5 Å². The van der Waals surface area contributed by atoms with Gasteiger partial charge in [0, 0.05) is 42.2 Å². The van der Waals surface area contributed by atoms with Crippen LogP contribution >= 0.6 is 0 Å². The quantitative estimate of drug-likeness (QED) is 0.160. The fraction of sp³-hybridized carbons (Fsp3) is 0.500. The number of hydrogen-bond donors (Lipinski definition) is 2. The van der Waals surface area contributed by atoms with Crippen molar-refractivity contribution in [3.63, 3.8) is 0 Å². The molecule has 5 rings (SSSR count). The van der Waals surface area contributed by atoms with Crippen LogP contribution in [0.25, 0.3) is 11.0 Å². The summed E-state index contributed by atoms with van der Waals surface area (Å²) in [4.78, 5) is 67.2. The Morgan fingerprint density at radius 1 is 0.891 bits per heavy atom. The van der Waals surface area contributed by atoms with E-state index in [1.165, 1.54) is 0 Å². The van der Waals surface area contributed by atoms with E-state index in [-0.39, 0.29) is 36.7 Å². The Hall–Kier alpha value is -4.07. The van der Waals surface area contributed by atoms with Gasteiger partial charge < -0.3 is 15.1 Å². The highest BCUT2D eigenvalue weighted by Crippen LogP contribution is 2.33. The molecular formula is C38H46N2O6. The van der Waals surface area contributed by atoms with E-state index in [2.05, 4.69) is 10.6 Å². The standard InChI is InChI=1S/C38H46N2O6/c1-24-17-18-34-30(19-24)25(2)36(46-34)33(42)22-29(20-26-11-5-3-6-12-26)37(44)40-31(21-28-15-9-10-16-32(28)41)35(43)38(45)39-23-27-13-7-4-8-14-27/h4,7-8,13-14,17-19,26,28-29,31H,3,5-6,9-12,15-16,20-23H2,1-2H3,(H,39,45)(H,40,44)/t28-,29?,31-/m0/s1. The summed E-state index contributed by atoms with van der Waals surface area (Å²) in [5.41, 5.74) is 3.28. The van der Waals surface area contributed by atoms with Crippen molar-refractivity contribution < 1.29 is 28.4 Å². The van der Waals surface area contributed by atoms with Crippen LogP contribution in [0.3, 0.4) is 0 Å². The van der Waals surface area contributed by atoms with Crippen LogP contribution in [-0.2, 0) is 25.7 Å². The van der Waals surface area contributed by atoms with Gasteiger partial charge >= 0.3 is 0 Å². The number of carbonyl (C=O) groups is 5. The van der Waals surface area contributed by atoms with E-state index in [9.17, 15) is 24.0 Å². The highest BCUT2D eigenvalue weighted by molar-refractivity contribution is 6.38. The summed E-state index contributed by atoms with van der Waals surface area (Å²) in [5, 5.41) is 6.43. The van der Waals surface area contributed by atoms with Crippen LogP contribution in [0.1, 0.15) is 104 Å². The van der Waals surface area contributed by atoms with Crippen molar-refractivity contribution in [2.75, 3.05) is 0 Å². The molecule has 1 unspecified atom stereocenters. The molecule has 0 aliphatic heterocycles. The Kier molecular flexibility index (Phi) is 11.2. The van der Waals surface area contributed by atoms with Gasteiger partial charge in [-0.15, -0.1) is 0 Å². The van der Waals surface area contributed by atoms with Crippen molar-refractivity contribution in [1.82, 2.24) is 10.6 Å². The molecule has 0 saturated heterocycles. The predicted octanol–water partition coefficient (Wildman–Crippen LogP) is 6.73. The Labute approximate surface area is 271 Å². The molecule has 244 valence electrons. The van der Waals surface area contributed by atoms with Gasteiger partial charge in [-0.3, -0.25) is 24.0 Å². The van der Waals surface area contributed by atoms with Crippen molar-refractivity contribution in [2.24, 2.45) is 17.8 Å². The average Bonchev–Trinajstić information content (AvgIpc) is 3.39. The lowest BCUT2D eigenvalue weighted by Gasteiger charge is -2.29. The molecule has 1 aromatic heterocycles. The summed E-state index contributed by atoms with van der Waals surface area (Å²) in [5.74, 6) is -2.75. The van der Waals surface area contributed by atoms with Gasteiger partial charge in [0.2, 0.25) is 11.7 Å². The number of hydrogen-bond acceptors (Lipinski definition) is 6. The smallest absolute Gasteiger partial charge is 0.289 e. The minimum atomic E-state index is -1.16. The number of fused-ring (bicyclic) bond motifs is 1. The molecular weight excluding hydrogens is 580 g/mol. The molecule has 2 amide bonds. The molecule has 2 aliphatic rings. The van der Waals surface area contributed by atoms with E-state index in [1.807, 2.05) is 62.4 Å². The highest BCUT2D eigenvalue weighted by atomic mass is 16.3. The zero-order valence-corrected chi connectivity index (χ0v) is 27.1. The van der Waals surface area contributed by atoms with Gasteiger partial charge in [0.05, 0.1) is 6.04 Å². The molecule has 0 bridgehead atoms. The maximum absolute atomic E-state index is 14.1. The molecule has 0 spiro atoms. The molecule has 46 heavy (non-hydrogen) atoms. The van der Waals surface area contributed by atoms with Gasteiger partial charge in [0.25, 0.3) is 5.91 Å². The van der Waals surface area contributed by atoms with Gasteiger partial charge in [0.1, 0.15) is 11.4 Å². The molecule has 8 heteroatoms. The normalized spacial score (nSPS) is 18.6. The maximum atomic E-state index is 14.1. The number of Topliss-reactive ketones (excluding diaryl/α,β-unsaturated/α-hetero) is 3. The van der Waals surface area contributed by atoms with E-state index in [0.29, 0.717) is 30.8 Å². The van der Waals surface area contributed by atoms with Gasteiger partial charge in [0.15, 0.2) is 11.5 Å². The van der Waals surface area contributed by atoms with Crippen LogP contribution in [-0.4, -0.2) is 35.2 Å². The van der Waals surface area contributed by atoms with E-state index in [0.717, 1.165) is 67.0 Å². The molecule has 2 aromatic carbocycles. The van der Waals surface area contributed by atoms with Crippen LogP contribution in [0, 0.1) is 31.6 Å². The first-order valence-electron chi connectivity index (χ1n) is 16.9. The Morgan fingerprint density at radius 2 is 1.63 bits per heavy atom. The second kappa shape index (κ2) is 15.5. The van der Waals surface area contributed by atoms with Gasteiger partial charge in [-0.05, 0) is 63.1 Å². The zero-order chi connectivity index (χ0) is 32.6. The number of rotatable bonds is 13. The third kappa shape index (κ3) is 8.39. The first-order chi connectivity index (χ1) is 22.2. The second-order valence-electron chi connectivity index (χ2n) is 13.4. The SMILES string of the molecule is Cc1ccc2oc(C(=O)CC(CC3CCCCC3)C(=O)N[C@@H](C[C@@H]3CCCCC3=O)C(=O)C(=O)NCc3ccccc3)c(C)c2c1. The second-order valence-corrected chi connectivity index (χ2v) is 13.4. The average molecular weight is 627 g/mol. The Morgan fingerprint density at radius 3 is 2.37 bits per heavy atom. The summed E-state index contributed by atoms with van der Waals surface area (Å²) in [6.07, 6.45) is 8.57. The minimum absolute atomic E-state index is 0.0625. The van der Waals surface area contributed by atoms with Gasteiger partial charge in [-0.2, -0.15) is 0 Å². The number of carbonyl (C=O) groups excluding carboxylic acids is 5. The fourth-order valence-electron chi connectivity index (χ4n) is 7.16. The van der Waals surface area contributed by atoms with Gasteiger partial charge in [-0.1, -0.05) is 80.5 Å². The molecule has 8 nitrogen and oxygen atoms in total. The molecule has 2 fully saturated rings. The maximum Gasteiger partial charge on any atom is 0.289 e. The number of furan rings is 1. The Bertz CT molecular complexity index is 1570. The summed E-state index contributed by atoms with van der Waals surface area (Å²) >= 11 is 0. The molecule has 3 atom stereocenters. The van der Waals surface area contributed by atoms with E-state index >= 15 is 0 Å². The van der Waals surface area contributed by atoms with Crippen LogP contribution < -0.4 is 10.6 Å². The highest BCUT2D eigenvalue weighted by Gasteiger charge is 2.36. The molecule has 1 heterocycles.